The quantitative estimate of drug-likeness (QED) is 0.847. The molecule has 27 heavy (non-hydrogen) atoms. The van der Waals surface area contributed by atoms with Crippen molar-refractivity contribution < 1.29 is 14.0 Å². The number of carbonyl (C=O) groups excluding carboxylic acids is 2. The van der Waals surface area contributed by atoms with Crippen LogP contribution in [0.2, 0.25) is 0 Å². The van der Waals surface area contributed by atoms with E-state index in [0.717, 1.165) is 22.6 Å². The van der Waals surface area contributed by atoms with Crippen molar-refractivity contribution in [1.82, 2.24) is 0 Å². The Bertz CT molecular complexity index is 920. The molecule has 1 aliphatic carbocycles. The Morgan fingerprint density at radius 3 is 2.67 bits per heavy atom. The topological polar surface area (TPSA) is 49.4 Å². The zero-order valence-electron chi connectivity index (χ0n) is 15.1. The first kappa shape index (κ1) is 17.5. The van der Waals surface area contributed by atoms with Gasteiger partial charge in [0, 0.05) is 18.5 Å². The van der Waals surface area contributed by atoms with Gasteiger partial charge in [0.05, 0.1) is 23.3 Å². The fourth-order valence-corrected chi connectivity index (χ4v) is 4.01. The number of anilines is 2. The molecule has 0 fully saturated rings. The molecule has 1 N–H and O–H groups in total. The van der Waals surface area contributed by atoms with Crippen LogP contribution in [0.15, 0.2) is 60.3 Å². The largest absolute Gasteiger partial charge is 0.357 e. The van der Waals surface area contributed by atoms with Crippen LogP contribution in [-0.2, 0) is 9.59 Å². The van der Waals surface area contributed by atoms with Crippen molar-refractivity contribution in [2.45, 2.75) is 32.2 Å². The number of allylic oxidation sites excluding steroid dienone is 1. The van der Waals surface area contributed by atoms with E-state index in [1.807, 2.05) is 37.3 Å². The van der Waals surface area contributed by atoms with Crippen molar-refractivity contribution in [3.8, 4) is 0 Å². The van der Waals surface area contributed by atoms with Crippen molar-refractivity contribution in [3.05, 3.63) is 71.7 Å². The normalized spacial score (nSPS) is 21.5. The average molecular weight is 364 g/mol. The molecule has 1 aliphatic heterocycles. The zero-order valence-corrected chi connectivity index (χ0v) is 15.1. The summed E-state index contributed by atoms with van der Waals surface area (Å²) in [7, 11) is 0. The predicted molar refractivity (Wildman–Crippen MR) is 103 cm³/mol. The van der Waals surface area contributed by atoms with Crippen molar-refractivity contribution in [2.24, 2.45) is 5.92 Å². The van der Waals surface area contributed by atoms with Gasteiger partial charge >= 0.3 is 0 Å². The van der Waals surface area contributed by atoms with Crippen LogP contribution in [0, 0.1) is 11.7 Å². The number of hydrogen-bond donors (Lipinski definition) is 1. The maximum absolute atomic E-state index is 13.5. The van der Waals surface area contributed by atoms with E-state index in [1.165, 1.54) is 12.1 Å². The fraction of sp³-hybridized carbons (Fsp3) is 0.273. The number of hydrogen-bond acceptors (Lipinski definition) is 3. The van der Waals surface area contributed by atoms with Gasteiger partial charge < -0.3 is 10.2 Å². The number of rotatable bonds is 2. The predicted octanol–water partition coefficient (Wildman–Crippen LogP) is 4.60. The highest BCUT2D eigenvalue weighted by molar-refractivity contribution is 6.00. The Morgan fingerprint density at radius 1 is 1.19 bits per heavy atom. The van der Waals surface area contributed by atoms with Gasteiger partial charge in [-0.25, -0.2) is 4.39 Å². The SMILES string of the molecule is CCC(=O)N1c2ccccc2NC2=CCCC(=O)[C@H]2[C@H]1c1ccc(F)cc1. The summed E-state index contributed by atoms with van der Waals surface area (Å²) in [5.41, 5.74) is 3.11. The standard InChI is InChI=1S/C22H21FN2O2/c1-2-20(27)25-18-8-4-3-6-16(18)24-17-7-5-9-19(26)21(17)22(25)14-10-12-15(23)13-11-14/h3-4,6-8,10-13,21-22,24H,2,5,9H2,1H3/t21-,22+/m0/s1. The van der Waals surface area contributed by atoms with Crippen LogP contribution in [0.4, 0.5) is 15.8 Å². The first-order valence-electron chi connectivity index (χ1n) is 9.26. The third-order valence-electron chi connectivity index (χ3n) is 5.26. The van der Waals surface area contributed by atoms with Gasteiger partial charge in [0.1, 0.15) is 11.6 Å². The van der Waals surface area contributed by atoms with Crippen molar-refractivity contribution in [1.29, 1.82) is 0 Å². The van der Waals surface area contributed by atoms with E-state index < -0.39 is 12.0 Å². The van der Waals surface area contributed by atoms with E-state index in [4.69, 9.17) is 0 Å². The van der Waals surface area contributed by atoms with Gasteiger partial charge in [-0.1, -0.05) is 37.3 Å². The van der Waals surface area contributed by atoms with Gasteiger partial charge in [-0.2, -0.15) is 0 Å². The molecule has 2 atom stereocenters. The molecule has 2 aliphatic rings. The maximum atomic E-state index is 13.5. The third kappa shape index (κ3) is 3.03. The summed E-state index contributed by atoms with van der Waals surface area (Å²) >= 11 is 0. The summed E-state index contributed by atoms with van der Waals surface area (Å²) in [6.45, 7) is 1.81. The highest BCUT2D eigenvalue weighted by atomic mass is 19.1. The summed E-state index contributed by atoms with van der Waals surface area (Å²) in [5, 5.41) is 3.38. The summed E-state index contributed by atoms with van der Waals surface area (Å²) in [6, 6.07) is 13.2. The number of amides is 1. The molecule has 4 rings (SSSR count). The van der Waals surface area contributed by atoms with Gasteiger partial charge in [-0.05, 0) is 36.2 Å². The smallest absolute Gasteiger partial charge is 0.227 e. The Balaban J connectivity index is 1.97. The van der Waals surface area contributed by atoms with Crippen LogP contribution in [-0.4, -0.2) is 11.7 Å². The summed E-state index contributed by atoms with van der Waals surface area (Å²) < 4.78 is 13.5. The first-order valence-corrected chi connectivity index (χ1v) is 9.26. The third-order valence-corrected chi connectivity index (χ3v) is 5.26. The molecule has 0 saturated carbocycles. The van der Waals surface area contributed by atoms with Crippen LogP contribution in [0.5, 0.6) is 0 Å². The minimum absolute atomic E-state index is 0.0711. The van der Waals surface area contributed by atoms with Gasteiger partial charge in [-0.3, -0.25) is 9.59 Å². The van der Waals surface area contributed by atoms with Crippen molar-refractivity contribution in [3.63, 3.8) is 0 Å². The molecule has 5 heteroatoms. The Kier molecular flexibility index (Phi) is 4.52. The molecule has 0 bridgehead atoms. The van der Waals surface area contributed by atoms with E-state index in [9.17, 15) is 14.0 Å². The summed E-state index contributed by atoms with van der Waals surface area (Å²) in [4.78, 5) is 27.7. The molecule has 2 aromatic rings. The second-order valence-corrected chi connectivity index (χ2v) is 6.90. The number of benzene rings is 2. The molecular weight excluding hydrogens is 343 g/mol. The van der Waals surface area contributed by atoms with E-state index in [2.05, 4.69) is 5.32 Å². The fourth-order valence-electron chi connectivity index (χ4n) is 4.01. The van der Waals surface area contributed by atoms with E-state index >= 15 is 0 Å². The molecule has 0 aromatic heterocycles. The Morgan fingerprint density at radius 2 is 1.93 bits per heavy atom. The lowest BCUT2D eigenvalue weighted by Crippen LogP contribution is -2.41. The monoisotopic (exact) mass is 364 g/mol. The summed E-state index contributed by atoms with van der Waals surface area (Å²) in [6.07, 6.45) is 3.47. The number of halogens is 1. The molecular formula is C22H21FN2O2. The van der Waals surface area contributed by atoms with Crippen LogP contribution >= 0.6 is 0 Å². The minimum atomic E-state index is -0.506. The van der Waals surface area contributed by atoms with E-state index in [-0.39, 0.29) is 17.5 Å². The molecule has 1 heterocycles. The molecule has 4 nitrogen and oxygen atoms in total. The first-order chi connectivity index (χ1) is 13.1. The lowest BCUT2D eigenvalue weighted by atomic mass is 9.81. The highest BCUT2D eigenvalue weighted by Crippen LogP contribution is 2.46. The zero-order chi connectivity index (χ0) is 19.0. The molecule has 0 unspecified atom stereocenters. The molecule has 0 saturated heterocycles. The number of fused-ring (bicyclic) bond motifs is 2. The number of Topliss-reactive ketones (excluding diaryl/α,β-unsaturated/α-hetero) is 1. The number of nitrogens with zero attached hydrogens (tertiary/aromatic N) is 1. The van der Waals surface area contributed by atoms with Crippen molar-refractivity contribution >= 4 is 23.1 Å². The van der Waals surface area contributed by atoms with Gasteiger partial charge in [-0.15, -0.1) is 0 Å². The Hall–Kier alpha value is -2.95. The van der Waals surface area contributed by atoms with Gasteiger partial charge in [0.25, 0.3) is 0 Å². The number of carbonyl (C=O) groups is 2. The number of ketones is 1. The van der Waals surface area contributed by atoms with Crippen LogP contribution < -0.4 is 10.2 Å². The lowest BCUT2D eigenvalue weighted by Gasteiger charge is -2.36. The van der Waals surface area contributed by atoms with Gasteiger partial charge in [0.15, 0.2) is 0 Å². The molecule has 1 amide bonds. The number of nitrogens with one attached hydrogen (secondary N) is 1. The minimum Gasteiger partial charge on any atom is -0.357 e. The van der Waals surface area contributed by atoms with Crippen LogP contribution in [0.3, 0.4) is 0 Å². The van der Waals surface area contributed by atoms with E-state index in [0.29, 0.717) is 19.3 Å². The van der Waals surface area contributed by atoms with Crippen molar-refractivity contribution in [2.75, 3.05) is 10.2 Å². The molecule has 138 valence electrons. The van der Waals surface area contributed by atoms with E-state index in [1.54, 1.807) is 17.0 Å². The molecule has 0 spiro atoms. The molecule has 0 radical (unpaired) electrons. The highest BCUT2D eigenvalue weighted by Gasteiger charge is 2.42. The van der Waals surface area contributed by atoms with Crippen LogP contribution in [0.25, 0.3) is 0 Å². The summed E-state index contributed by atoms with van der Waals surface area (Å²) in [5.74, 6) is -0.814. The Labute approximate surface area is 157 Å². The number of para-hydroxylation sites is 2. The second-order valence-electron chi connectivity index (χ2n) is 6.90. The lowest BCUT2D eigenvalue weighted by molar-refractivity contribution is -0.123. The van der Waals surface area contributed by atoms with Crippen LogP contribution in [0.1, 0.15) is 37.8 Å². The second kappa shape index (κ2) is 6.99. The molecule has 2 aromatic carbocycles. The average Bonchev–Trinajstić information content (AvgIpc) is 2.83. The maximum Gasteiger partial charge on any atom is 0.227 e. The van der Waals surface area contributed by atoms with Gasteiger partial charge in [0.2, 0.25) is 5.91 Å².